The normalized spacial score (nSPS) is 9.47. The zero-order valence-corrected chi connectivity index (χ0v) is 11.0. The van der Waals surface area contributed by atoms with Crippen molar-refractivity contribution < 1.29 is 9.53 Å². The quantitative estimate of drug-likeness (QED) is 0.828. The van der Waals surface area contributed by atoms with Crippen molar-refractivity contribution in [3.8, 4) is 11.8 Å². The minimum Gasteiger partial charge on any atom is -0.482 e. The number of pyridine rings is 1. The van der Waals surface area contributed by atoms with Crippen LogP contribution in [0.4, 0.5) is 0 Å². The average molecular weight is 298 g/mol. The van der Waals surface area contributed by atoms with Crippen molar-refractivity contribution in [2.45, 2.75) is 6.42 Å². The lowest BCUT2D eigenvalue weighted by Crippen LogP contribution is -2.32. The molecule has 90 valence electrons. The first-order valence-electron chi connectivity index (χ1n) is 4.97. The molecule has 0 saturated carbocycles. The lowest BCUT2D eigenvalue weighted by molar-refractivity contribution is -0.131. The van der Waals surface area contributed by atoms with Crippen LogP contribution < -0.4 is 4.74 Å². The van der Waals surface area contributed by atoms with Gasteiger partial charge in [0.25, 0.3) is 5.91 Å². The summed E-state index contributed by atoms with van der Waals surface area (Å²) in [5.41, 5.74) is 0. The van der Waals surface area contributed by atoms with Gasteiger partial charge in [-0.2, -0.15) is 5.26 Å². The van der Waals surface area contributed by atoms with E-state index in [1.807, 2.05) is 6.07 Å². The van der Waals surface area contributed by atoms with Crippen LogP contribution in [-0.4, -0.2) is 36.0 Å². The number of likely N-dealkylation sites (N-methyl/N-ethyl adjacent to an activating group) is 1. The molecule has 0 atom stereocenters. The smallest absolute Gasteiger partial charge is 0.260 e. The fourth-order valence-corrected chi connectivity index (χ4v) is 1.41. The maximum Gasteiger partial charge on any atom is 0.260 e. The Morgan fingerprint density at radius 1 is 1.65 bits per heavy atom. The van der Waals surface area contributed by atoms with Gasteiger partial charge < -0.3 is 9.64 Å². The molecule has 1 heterocycles. The van der Waals surface area contributed by atoms with Crippen LogP contribution in [0.25, 0.3) is 0 Å². The molecule has 6 heteroatoms. The van der Waals surface area contributed by atoms with Crippen molar-refractivity contribution in [2.75, 3.05) is 20.2 Å². The molecule has 17 heavy (non-hydrogen) atoms. The predicted octanol–water partition coefficient (Wildman–Crippen LogP) is 1.59. The number of ether oxygens (including phenoxy) is 1. The zero-order valence-electron chi connectivity index (χ0n) is 9.39. The Morgan fingerprint density at radius 2 is 2.41 bits per heavy atom. The molecule has 0 spiro atoms. The van der Waals surface area contributed by atoms with Crippen LogP contribution in [0, 0.1) is 11.3 Å². The van der Waals surface area contributed by atoms with Gasteiger partial charge in [-0.15, -0.1) is 0 Å². The number of rotatable bonds is 5. The molecule has 0 saturated heterocycles. The molecule has 0 aliphatic heterocycles. The average Bonchev–Trinajstić information content (AvgIpc) is 2.33. The number of aromatic nitrogens is 1. The van der Waals surface area contributed by atoms with Gasteiger partial charge in [-0.1, -0.05) is 0 Å². The van der Waals surface area contributed by atoms with Gasteiger partial charge >= 0.3 is 0 Å². The minimum atomic E-state index is -0.166. The van der Waals surface area contributed by atoms with Gasteiger partial charge in [-0.3, -0.25) is 9.78 Å². The molecule has 5 nitrogen and oxygen atoms in total. The van der Waals surface area contributed by atoms with E-state index in [1.165, 1.54) is 11.1 Å². The van der Waals surface area contributed by atoms with E-state index >= 15 is 0 Å². The molecule has 0 bridgehead atoms. The van der Waals surface area contributed by atoms with Gasteiger partial charge in [-0.25, -0.2) is 0 Å². The summed E-state index contributed by atoms with van der Waals surface area (Å²) in [4.78, 5) is 17.0. The number of carbonyl (C=O) groups excluding carboxylic acids is 1. The Bertz CT molecular complexity index is 431. The number of nitrogens with zero attached hydrogens (tertiary/aromatic N) is 3. The standard InChI is InChI=1S/C11H12BrN3O2/c1-15(4-2-3-13)11(16)8-17-10-5-9(12)6-14-7-10/h5-7H,2,4,8H2,1H3. The Balaban J connectivity index is 2.40. The van der Waals surface area contributed by atoms with Gasteiger partial charge in [0, 0.05) is 24.3 Å². The molecule has 1 rings (SSSR count). The van der Waals surface area contributed by atoms with Crippen LogP contribution in [0.3, 0.4) is 0 Å². The maximum absolute atomic E-state index is 11.6. The first kappa shape index (κ1) is 13.5. The summed E-state index contributed by atoms with van der Waals surface area (Å²) in [5, 5.41) is 8.40. The van der Waals surface area contributed by atoms with E-state index in [-0.39, 0.29) is 12.5 Å². The summed E-state index contributed by atoms with van der Waals surface area (Å²) >= 11 is 3.26. The Labute approximate surface area is 108 Å². The van der Waals surface area contributed by atoms with Crippen molar-refractivity contribution in [3.05, 3.63) is 22.9 Å². The first-order chi connectivity index (χ1) is 8.13. The van der Waals surface area contributed by atoms with Crippen LogP contribution >= 0.6 is 15.9 Å². The summed E-state index contributed by atoms with van der Waals surface area (Å²) < 4.78 is 6.08. The summed E-state index contributed by atoms with van der Waals surface area (Å²) in [6.07, 6.45) is 3.49. The van der Waals surface area contributed by atoms with E-state index in [0.717, 1.165) is 4.47 Å². The second-order valence-electron chi connectivity index (χ2n) is 3.35. The van der Waals surface area contributed by atoms with E-state index in [4.69, 9.17) is 10.00 Å². The van der Waals surface area contributed by atoms with Crippen molar-refractivity contribution in [1.29, 1.82) is 5.26 Å². The number of hydrogen-bond acceptors (Lipinski definition) is 4. The topological polar surface area (TPSA) is 66.2 Å². The van der Waals surface area contributed by atoms with Crippen LogP contribution in [-0.2, 0) is 4.79 Å². The molecule has 1 aromatic heterocycles. The Hall–Kier alpha value is -1.61. The molecular formula is C11H12BrN3O2. The monoisotopic (exact) mass is 297 g/mol. The molecule has 0 N–H and O–H groups in total. The summed E-state index contributed by atoms with van der Waals surface area (Å²) in [5.74, 6) is 0.363. The first-order valence-corrected chi connectivity index (χ1v) is 5.77. The molecule has 0 fully saturated rings. The lowest BCUT2D eigenvalue weighted by atomic mass is 10.4. The number of carbonyl (C=O) groups is 1. The van der Waals surface area contributed by atoms with Crippen LogP contribution in [0.2, 0.25) is 0 Å². The van der Waals surface area contributed by atoms with Crippen LogP contribution in [0.15, 0.2) is 22.9 Å². The summed E-state index contributed by atoms with van der Waals surface area (Å²) in [6.45, 7) is 0.357. The largest absolute Gasteiger partial charge is 0.482 e. The van der Waals surface area contributed by atoms with Crippen LogP contribution in [0.1, 0.15) is 6.42 Å². The molecule has 0 aliphatic carbocycles. The van der Waals surface area contributed by atoms with Crippen molar-refractivity contribution >= 4 is 21.8 Å². The second kappa shape index (κ2) is 6.86. The summed E-state index contributed by atoms with van der Waals surface area (Å²) in [7, 11) is 1.64. The predicted molar refractivity (Wildman–Crippen MR) is 65.3 cm³/mol. The van der Waals surface area contributed by atoms with E-state index in [9.17, 15) is 4.79 Å². The molecule has 0 aliphatic rings. The van der Waals surface area contributed by atoms with Gasteiger partial charge in [-0.05, 0) is 22.0 Å². The highest BCUT2D eigenvalue weighted by Crippen LogP contribution is 2.15. The maximum atomic E-state index is 11.6. The number of halogens is 1. The van der Waals surface area contributed by atoms with Crippen molar-refractivity contribution in [3.63, 3.8) is 0 Å². The van der Waals surface area contributed by atoms with Gasteiger partial charge in [0.05, 0.1) is 18.7 Å². The van der Waals surface area contributed by atoms with Gasteiger partial charge in [0.15, 0.2) is 6.61 Å². The third-order valence-corrected chi connectivity index (χ3v) is 2.46. The molecular weight excluding hydrogens is 286 g/mol. The molecule has 0 unspecified atom stereocenters. The molecule has 1 amide bonds. The zero-order chi connectivity index (χ0) is 12.7. The molecule has 1 aromatic rings. The fraction of sp³-hybridized carbons (Fsp3) is 0.364. The highest BCUT2D eigenvalue weighted by Gasteiger charge is 2.09. The summed E-state index contributed by atoms with van der Waals surface area (Å²) in [6, 6.07) is 3.72. The number of amides is 1. The number of nitriles is 1. The second-order valence-corrected chi connectivity index (χ2v) is 4.27. The number of hydrogen-bond donors (Lipinski definition) is 0. The minimum absolute atomic E-state index is 0.0555. The third-order valence-electron chi connectivity index (χ3n) is 2.03. The van der Waals surface area contributed by atoms with E-state index < -0.39 is 0 Å². The van der Waals surface area contributed by atoms with Crippen LogP contribution in [0.5, 0.6) is 5.75 Å². The molecule has 0 radical (unpaired) electrons. The van der Waals surface area contributed by atoms with Gasteiger partial charge in [0.2, 0.25) is 0 Å². The SMILES string of the molecule is CN(CCC#N)C(=O)COc1cncc(Br)c1. The van der Waals surface area contributed by atoms with Gasteiger partial charge in [0.1, 0.15) is 5.75 Å². The van der Waals surface area contributed by atoms with E-state index in [2.05, 4.69) is 20.9 Å². The van der Waals surface area contributed by atoms with E-state index in [0.29, 0.717) is 18.7 Å². The Kier molecular flexibility index (Phi) is 5.43. The molecule has 0 aromatic carbocycles. The highest BCUT2D eigenvalue weighted by molar-refractivity contribution is 9.10. The lowest BCUT2D eigenvalue weighted by Gasteiger charge is -2.15. The van der Waals surface area contributed by atoms with Crippen molar-refractivity contribution in [2.24, 2.45) is 0 Å². The third kappa shape index (κ3) is 4.83. The highest BCUT2D eigenvalue weighted by atomic mass is 79.9. The fourth-order valence-electron chi connectivity index (χ4n) is 1.07. The van der Waals surface area contributed by atoms with E-state index in [1.54, 1.807) is 19.3 Å². The Morgan fingerprint density at radius 3 is 3.06 bits per heavy atom. The van der Waals surface area contributed by atoms with Crippen molar-refractivity contribution in [1.82, 2.24) is 9.88 Å².